The zero-order valence-electron chi connectivity index (χ0n) is 13.7. The van der Waals surface area contributed by atoms with E-state index in [2.05, 4.69) is 25.6 Å². The van der Waals surface area contributed by atoms with Gasteiger partial charge in [-0.05, 0) is 27.6 Å². The standard InChI is InChI=1S/C16H16BrClN2O4S2/c1-24-16(21)14(10-25-9-11-5-3-2-4-6-11)20-26(22,23)12-7-13(17)15(18)19-8-12/h2-8,14,20H,9-10H2,1H3. The number of nitrogens with zero attached hydrogens (tertiary/aromatic N) is 1. The van der Waals surface area contributed by atoms with Gasteiger partial charge in [-0.2, -0.15) is 16.5 Å². The van der Waals surface area contributed by atoms with Gasteiger partial charge in [0.2, 0.25) is 10.0 Å². The Hall–Kier alpha value is -1.13. The number of halogens is 2. The first-order valence-electron chi connectivity index (χ1n) is 7.36. The number of nitrogens with one attached hydrogen (secondary N) is 1. The van der Waals surface area contributed by atoms with Crippen LogP contribution in [0.5, 0.6) is 0 Å². The Labute approximate surface area is 169 Å². The normalized spacial score (nSPS) is 12.6. The fraction of sp³-hybridized carbons (Fsp3) is 0.250. The lowest BCUT2D eigenvalue weighted by Gasteiger charge is -2.16. The number of rotatable bonds is 8. The second kappa shape index (κ2) is 9.70. The summed E-state index contributed by atoms with van der Waals surface area (Å²) in [5.74, 6) is 0.211. The Kier molecular flexibility index (Phi) is 7.90. The van der Waals surface area contributed by atoms with Crippen molar-refractivity contribution < 1.29 is 17.9 Å². The highest BCUT2D eigenvalue weighted by Gasteiger charge is 2.27. The van der Waals surface area contributed by atoms with Gasteiger partial charge in [-0.15, -0.1) is 0 Å². The molecule has 2 rings (SSSR count). The Bertz CT molecular complexity index is 866. The van der Waals surface area contributed by atoms with Crippen molar-refractivity contribution in [2.24, 2.45) is 0 Å². The van der Waals surface area contributed by atoms with Crippen molar-refractivity contribution in [3.8, 4) is 0 Å². The second-order valence-electron chi connectivity index (χ2n) is 5.14. The molecule has 2 aromatic rings. The van der Waals surface area contributed by atoms with Crippen LogP contribution in [-0.4, -0.2) is 38.3 Å². The Balaban J connectivity index is 2.08. The number of benzene rings is 1. The monoisotopic (exact) mass is 478 g/mol. The van der Waals surface area contributed by atoms with Crippen LogP contribution in [0.25, 0.3) is 0 Å². The molecular weight excluding hydrogens is 464 g/mol. The van der Waals surface area contributed by atoms with Crippen LogP contribution >= 0.6 is 39.3 Å². The first-order valence-corrected chi connectivity index (χ1v) is 11.2. The topological polar surface area (TPSA) is 85.4 Å². The van der Waals surface area contributed by atoms with Crippen molar-refractivity contribution in [1.82, 2.24) is 9.71 Å². The van der Waals surface area contributed by atoms with Gasteiger partial charge < -0.3 is 4.74 Å². The minimum atomic E-state index is -3.96. The number of ether oxygens (including phenoxy) is 1. The number of thioether (sulfide) groups is 1. The Morgan fingerprint density at radius 3 is 2.69 bits per heavy atom. The van der Waals surface area contributed by atoms with Crippen LogP contribution in [0.4, 0.5) is 0 Å². The van der Waals surface area contributed by atoms with E-state index in [0.29, 0.717) is 10.2 Å². The average Bonchev–Trinajstić information content (AvgIpc) is 2.63. The third-order valence-corrected chi connectivity index (χ3v) is 6.94. The minimum Gasteiger partial charge on any atom is -0.468 e. The fourth-order valence-electron chi connectivity index (χ4n) is 1.97. The van der Waals surface area contributed by atoms with Crippen molar-refractivity contribution in [3.05, 3.63) is 57.8 Å². The quantitative estimate of drug-likeness (QED) is 0.462. The maximum atomic E-state index is 12.5. The van der Waals surface area contributed by atoms with Crippen LogP contribution in [-0.2, 0) is 25.3 Å². The number of pyridine rings is 1. The Morgan fingerprint density at radius 1 is 1.38 bits per heavy atom. The first kappa shape index (κ1) is 21.2. The van der Waals surface area contributed by atoms with Crippen molar-refractivity contribution in [2.75, 3.05) is 12.9 Å². The number of hydrogen-bond donors (Lipinski definition) is 1. The van der Waals surface area contributed by atoms with Crippen LogP contribution < -0.4 is 4.72 Å². The third kappa shape index (κ3) is 5.95. The molecule has 0 fully saturated rings. The lowest BCUT2D eigenvalue weighted by Crippen LogP contribution is -2.43. The molecule has 0 saturated carbocycles. The lowest BCUT2D eigenvalue weighted by molar-refractivity contribution is -0.141. The summed E-state index contributed by atoms with van der Waals surface area (Å²) in [7, 11) is -2.75. The summed E-state index contributed by atoms with van der Waals surface area (Å²) in [4.78, 5) is 15.7. The van der Waals surface area contributed by atoms with Crippen LogP contribution in [0.15, 0.2) is 52.0 Å². The van der Waals surface area contributed by atoms with Gasteiger partial charge in [-0.1, -0.05) is 41.9 Å². The maximum absolute atomic E-state index is 12.5. The summed E-state index contributed by atoms with van der Waals surface area (Å²) in [6.45, 7) is 0. The van der Waals surface area contributed by atoms with E-state index < -0.39 is 22.0 Å². The van der Waals surface area contributed by atoms with Gasteiger partial charge in [0.1, 0.15) is 16.1 Å². The van der Waals surface area contributed by atoms with E-state index in [1.54, 1.807) is 0 Å². The highest BCUT2D eigenvalue weighted by atomic mass is 79.9. The molecule has 0 spiro atoms. The summed E-state index contributed by atoms with van der Waals surface area (Å²) in [5, 5.41) is 0.145. The van der Waals surface area contributed by atoms with Gasteiger partial charge in [0.15, 0.2) is 0 Å². The number of aromatic nitrogens is 1. The van der Waals surface area contributed by atoms with Crippen molar-refractivity contribution >= 4 is 55.3 Å². The predicted octanol–water partition coefficient (Wildman–Crippen LogP) is 3.25. The molecular formula is C16H16BrClN2O4S2. The number of carbonyl (C=O) groups is 1. The van der Waals surface area contributed by atoms with E-state index >= 15 is 0 Å². The molecule has 0 aliphatic carbocycles. The molecule has 26 heavy (non-hydrogen) atoms. The van der Waals surface area contributed by atoms with Gasteiger partial charge in [0.25, 0.3) is 0 Å². The second-order valence-corrected chi connectivity index (χ2v) is 9.10. The molecule has 6 nitrogen and oxygen atoms in total. The SMILES string of the molecule is COC(=O)C(CSCc1ccccc1)NS(=O)(=O)c1cnc(Cl)c(Br)c1. The maximum Gasteiger partial charge on any atom is 0.324 e. The number of esters is 1. The molecule has 1 unspecified atom stereocenters. The molecule has 0 amide bonds. The molecule has 10 heteroatoms. The molecule has 140 valence electrons. The summed E-state index contributed by atoms with van der Waals surface area (Å²) in [6.07, 6.45) is 1.13. The van der Waals surface area contributed by atoms with Crippen molar-refractivity contribution in [2.45, 2.75) is 16.7 Å². The highest BCUT2D eigenvalue weighted by molar-refractivity contribution is 9.10. The van der Waals surface area contributed by atoms with Gasteiger partial charge in [-0.25, -0.2) is 13.4 Å². The number of carbonyl (C=O) groups excluding carboxylic acids is 1. The molecule has 1 heterocycles. The zero-order valence-corrected chi connectivity index (χ0v) is 17.7. The predicted molar refractivity (Wildman–Crippen MR) is 106 cm³/mol. The third-order valence-electron chi connectivity index (χ3n) is 3.26. The zero-order chi connectivity index (χ0) is 19.2. The molecule has 1 atom stereocenters. The van der Waals surface area contributed by atoms with Crippen LogP contribution in [0.3, 0.4) is 0 Å². The van der Waals surface area contributed by atoms with Gasteiger partial charge in [0.05, 0.1) is 11.6 Å². The molecule has 0 aliphatic rings. The summed E-state index contributed by atoms with van der Waals surface area (Å²) in [6, 6.07) is 9.97. The van der Waals surface area contributed by atoms with E-state index in [1.165, 1.54) is 24.9 Å². The highest BCUT2D eigenvalue weighted by Crippen LogP contribution is 2.23. The summed E-state index contributed by atoms with van der Waals surface area (Å²) >= 11 is 10.3. The molecule has 0 radical (unpaired) electrons. The summed E-state index contributed by atoms with van der Waals surface area (Å²) < 4.78 is 32.5. The number of sulfonamides is 1. The van der Waals surface area contributed by atoms with E-state index in [-0.39, 0.29) is 15.8 Å². The van der Waals surface area contributed by atoms with Gasteiger partial charge in [0, 0.05) is 17.7 Å². The lowest BCUT2D eigenvalue weighted by atomic mass is 10.2. The van der Waals surface area contributed by atoms with Crippen molar-refractivity contribution in [3.63, 3.8) is 0 Å². The molecule has 1 aromatic carbocycles. The average molecular weight is 480 g/mol. The van der Waals surface area contributed by atoms with Gasteiger partial charge >= 0.3 is 5.97 Å². The van der Waals surface area contributed by atoms with E-state index in [0.717, 1.165) is 11.8 Å². The number of methoxy groups -OCH3 is 1. The largest absolute Gasteiger partial charge is 0.468 e. The van der Waals surface area contributed by atoms with Crippen molar-refractivity contribution in [1.29, 1.82) is 0 Å². The van der Waals surface area contributed by atoms with E-state index in [9.17, 15) is 13.2 Å². The van der Waals surface area contributed by atoms with Crippen LogP contribution in [0.2, 0.25) is 5.15 Å². The minimum absolute atomic E-state index is 0.101. The molecule has 1 N–H and O–H groups in total. The van der Waals surface area contributed by atoms with E-state index in [1.807, 2.05) is 30.3 Å². The molecule has 1 aromatic heterocycles. The van der Waals surface area contributed by atoms with Crippen LogP contribution in [0.1, 0.15) is 5.56 Å². The van der Waals surface area contributed by atoms with Crippen LogP contribution in [0, 0.1) is 0 Å². The van der Waals surface area contributed by atoms with Gasteiger partial charge in [-0.3, -0.25) is 4.79 Å². The molecule has 0 bridgehead atoms. The molecule has 0 aliphatic heterocycles. The first-order chi connectivity index (χ1) is 12.3. The number of hydrogen-bond acceptors (Lipinski definition) is 6. The fourth-order valence-corrected chi connectivity index (χ4v) is 4.83. The van der Waals surface area contributed by atoms with E-state index in [4.69, 9.17) is 16.3 Å². The molecule has 0 saturated heterocycles. The Morgan fingerprint density at radius 2 is 2.08 bits per heavy atom. The smallest absolute Gasteiger partial charge is 0.324 e. The summed E-state index contributed by atoms with van der Waals surface area (Å²) in [5.41, 5.74) is 1.08.